The van der Waals surface area contributed by atoms with Crippen molar-refractivity contribution >= 4 is 34.7 Å². The molecule has 6 nitrogen and oxygen atoms in total. The van der Waals surface area contributed by atoms with Crippen molar-refractivity contribution in [3.8, 4) is 21.9 Å². The highest BCUT2D eigenvalue weighted by Gasteiger charge is 2.19. The lowest BCUT2D eigenvalue weighted by molar-refractivity contribution is 0.101. The number of hydrogen-bond acceptors (Lipinski definition) is 6. The van der Waals surface area contributed by atoms with Gasteiger partial charge >= 0.3 is 0 Å². The van der Waals surface area contributed by atoms with Crippen LogP contribution in [-0.4, -0.2) is 26.4 Å². The minimum Gasteiger partial charge on any atom is -0.355 e. The van der Waals surface area contributed by atoms with Gasteiger partial charge in [0.2, 0.25) is 0 Å². The van der Waals surface area contributed by atoms with Crippen molar-refractivity contribution in [1.82, 2.24) is 14.7 Å². The number of carbonyl (C=O) groups excluding carboxylic acids is 1. The molecule has 0 unspecified atom stereocenters. The number of carbonyl (C=O) groups is 1. The highest BCUT2D eigenvalue weighted by atomic mass is 32.2. The average Bonchev–Trinajstić information content (AvgIpc) is 3.45. The Morgan fingerprint density at radius 1 is 1.22 bits per heavy atom. The number of aryl methyl sites for hydroxylation is 1. The molecule has 134 valence electrons. The summed E-state index contributed by atoms with van der Waals surface area (Å²) in [5.41, 5.74) is 2.68. The molecule has 27 heavy (non-hydrogen) atoms. The first kappa shape index (κ1) is 16.3. The van der Waals surface area contributed by atoms with Crippen LogP contribution in [0.25, 0.3) is 21.9 Å². The second-order valence-electron chi connectivity index (χ2n) is 6.00. The molecular formula is C19H14N4O2S2. The van der Waals surface area contributed by atoms with Crippen LogP contribution < -0.4 is 5.32 Å². The van der Waals surface area contributed by atoms with Crippen LogP contribution in [0.15, 0.2) is 63.7 Å². The summed E-state index contributed by atoms with van der Waals surface area (Å²) in [7, 11) is 0. The number of rotatable bonds is 4. The first-order valence-corrected chi connectivity index (χ1v) is 10.3. The predicted molar refractivity (Wildman–Crippen MR) is 106 cm³/mol. The van der Waals surface area contributed by atoms with Gasteiger partial charge in [-0.15, -0.1) is 11.3 Å². The summed E-state index contributed by atoms with van der Waals surface area (Å²) in [5.74, 6) is 1.33. The van der Waals surface area contributed by atoms with Crippen LogP contribution >= 0.6 is 23.1 Å². The summed E-state index contributed by atoms with van der Waals surface area (Å²) in [5, 5.41) is 9.81. The number of hydrogen-bond donors (Lipinski definition) is 1. The number of fused-ring (bicyclic) bond motifs is 1. The zero-order valence-corrected chi connectivity index (χ0v) is 15.7. The van der Waals surface area contributed by atoms with E-state index >= 15 is 0 Å². The van der Waals surface area contributed by atoms with E-state index in [1.165, 1.54) is 11.3 Å². The molecule has 3 aromatic heterocycles. The Kier molecular flexibility index (Phi) is 4.06. The second-order valence-corrected chi connectivity index (χ2v) is 8.01. The second kappa shape index (κ2) is 6.71. The normalized spacial score (nSPS) is 12.9. The molecule has 1 aliphatic rings. The van der Waals surface area contributed by atoms with E-state index in [1.54, 1.807) is 17.8 Å². The Morgan fingerprint density at radius 3 is 3.00 bits per heavy atom. The number of aromatic nitrogens is 3. The molecule has 8 heteroatoms. The number of amides is 1. The predicted octanol–water partition coefficient (Wildman–Crippen LogP) is 4.62. The molecule has 0 spiro atoms. The van der Waals surface area contributed by atoms with E-state index in [4.69, 9.17) is 4.52 Å². The van der Waals surface area contributed by atoms with Crippen LogP contribution in [-0.2, 0) is 6.54 Å². The molecular weight excluding hydrogens is 380 g/mol. The molecule has 0 fully saturated rings. The van der Waals surface area contributed by atoms with Gasteiger partial charge in [0, 0.05) is 30.1 Å². The lowest BCUT2D eigenvalue weighted by atomic mass is 10.1. The lowest BCUT2D eigenvalue weighted by Crippen LogP contribution is -2.12. The van der Waals surface area contributed by atoms with Crippen molar-refractivity contribution in [2.75, 3.05) is 11.1 Å². The maximum Gasteiger partial charge on any atom is 0.277 e. The molecule has 0 bridgehead atoms. The molecule has 0 aliphatic carbocycles. The fourth-order valence-electron chi connectivity index (χ4n) is 2.96. The molecule has 4 aromatic rings. The van der Waals surface area contributed by atoms with Crippen molar-refractivity contribution in [3.63, 3.8) is 0 Å². The molecule has 1 aromatic carbocycles. The quantitative estimate of drug-likeness (QED) is 0.547. The molecule has 1 N–H and O–H groups in total. The van der Waals surface area contributed by atoms with Crippen LogP contribution in [0.3, 0.4) is 0 Å². The van der Waals surface area contributed by atoms with E-state index in [2.05, 4.69) is 20.0 Å². The van der Waals surface area contributed by atoms with Gasteiger partial charge in [-0.2, -0.15) is 0 Å². The molecule has 0 atom stereocenters. The standard InChI is InChI=1S/C19H14N4O2S2/c24-18(14-10-16(25-22-14)17-6-3-8-26-17)20-13-5-2-1-4-12(13)15-11-23-7-9-27-19(23)21-15/h1-6,8,10-11H,7,9H2,(H,20,24). The highest BCUT2D eigenvalue weighted by molar-refractivity contribution is 7.99. The average molecular weight is 394 g/mol. The van der Waals surface area contributed by atoms with Crippen molar-refractivity contribution < 1.29 is 9.32 Å². The van der Waals surface area contributed by atoms with E-state index in [1.807, 2.05) is 48.0 Å². The van der Waals surface area contributed by atoms with E-state index in [-0.39, 0.29) is 11.6 Å². The third-order valence-corrected chi connectivity index (χ3v) is 6.12. The van der Waals surface area contributed by atoms with Crippen molar-refractivity contribution in [1.29, 1.82) is 0 Å². The number of thiophene rings is 1. The van der Waals surface area contributed by atoms with Gasteiger partial charge < -0.3 is 14.4 Å². The fourth-order valence-corrected chi connectivity index (χ4v) is 4.57. The summed E-state index contributed by atoms with van der Waals surface area (Å²) in [6.07, 6.45) is 2.03. The van der Waals surface area contributed by atoms with Gasteiger partial charge in [0.05, 0.1) is 16.3 Å². The van der Waals surface area contributed by atoms with Crippen molar-refractivity contribution in [2.24, 2.45) is 0 Å². The molecule has 4 heterocycles. The number of anilines is 1. The Bertz CT molecular complexity index is 1090. The molecule has 1 amide bonds. The van der Waals surface area contributed by atoms with Crippen LogP contribution in [0, 0.1) is 0 Å². The minimum atomic E-state index is -0.310. The number of thioether (sulfide) groups is 1. The zero-order valence-electron chi connectivity index (χ0n) is 14.1. The first-order chi connectivity index (χ1) is 13.3. The summed E-state index contributed by atoms with van der Waals surface area (Å²) >= 11 is 3.28. The van der Waals surface area contributed by atoms with E-state index in [9.17, 15) is 4.79 Å². The number of nitrogens with zero attached hydrogens (tertiary/aromatic N) is 3. The maximum atomic E-state index is 12.7. The van der Waals surface area contributed by atoms with Gasteiger partial charge in [0.1, 0.15) is 0 Å². The molecule has 5 rings (SSSR count). The van der Waals surface area contributed by atoms with E-state index in [0.29, 0.717) is 11.4 Å². The summed E-state index contributed by atoms with van der Waals surface area (Å²) in [4.78, 5) is 18.3. The monoisotopic (exact) mass is 394 g/mol. The lowest BCUT2D eigenvalue weighted by Gasteiger charge is -2.08. The number of benzene rings is 1. The number of nitrogens with one attached hydrogen (secondary N) is 1. The summed E-state index contributed by atoms with van der Waals surface area (Å²) < 4.78 is 7.45. The Labute approximate surface area is 163 Å². The van der Waals surface area contributed by atoms with Crippen LogP contribution in [0.5, 0.6) is 0 Å². The largest absolute Gasteiger partial charge is 0.355 e. The molecule has 0 saturated carbocycles. The number of imidazole rings is 1. The van der Waals surface area contributed by atoms with Gasteiger partial charge in [0.25, 0.3) is 5.91 Å². The van der Waals surface area contributed by atoms with Gasteiger partial charge in [-0.05, 0) is 17.5 Å². The molecule has 0 radical (unpaired) electrons. The molecule has 0 saturated heterocycles. The number of para-hydroxylation sites is 1. The minimum absolute atomic E-state index is 0.246. The zero-order chi connectivity index (χ0) is 18.2. The van der Waals surface area contributed by atoms with Crippen LogP contribution in [0.4, 0.5) is 5.69 Å². The Balaban J connectivity index is 1.41. The van der Waals surface area contributed by atoms with Crippen LogP contribution in [0.1, 0.15) is 10.5 Å². The van der Waals surface area contributed by atoms with Gasteiger partial charge in [0.15, 0.2) is 16.6 Å². The Morgan fingerprint density at radius 2 is 2.15 bits per heavy atom. The fraction of sp³-hybridized carbons (Fsp3) is 0.105. The van der Waals surface area contributed by atoms with Crippen molar-refractivity contribution in [2.45, 2.75) is 11.7 Å². The smallest absolute Gasteiger partial charge is 0.277 e. The third-order valence-electron chi connectivity index (χ3n) is 4.26. The summed E-state index contributed by atoms with van der Waals surface area (Å²) in [6, 6.07) is 13.2. The highest BCUT2D eigenvalue weighted by Crippen LogP contribution is 2.33. The van der Waals surface area contributed by atoms with Crippen molar-refractivity contribution in [3.05, 3.63) is 59.7 Å². The van der Waals surface area contributed by atoms with Gasteiger partial charge in [-0.25, -0.2) is 4.98 Å². The van der Waals surface area contributed by atoms with E-state index < -0.39 is 0 Å². The topological polar surface area (TPSA) is 73.0 Å². The summed E-state index contributed by atoms with van der Waals surface area (Å²) in [6.45, 7) is 0.964. The SMILES string of the molecule is O=C(Nc1ccccc1-c1cn2c(n1)SCC2)c1cc(-c2cccs2)on1. The van der Waals surface area contributed by atoms with Crippen LogP contribution in [0.2, 0.25) is 0 Å². The van der Waals surface area contributed by atoms with Gasteiger partial charge in [-0.1, -0.05) is 41.2 Å². The Hall–Kier alpha value is -2.84. The first-order valence-electron chi connectivity index (χ1n) is 8.39. The molecule has 1 aliphatic heterocycles. The van der Waals surface area contributed by atoms with Gasteiger partial charge in [-0.3, -0.25) is 4.79 Å². The third kappa shape index (κ3) is 3.07. The maximum absolute atomic E-state index is 12.7. The van der Waals surface area contributed by atoms with E-state index in [0.717, 1.165) is 33.6 Å².